The van der Waals surface area contributed by atoms with E-state index < -0.39 is 5.97 Å². The van der Waals surface area contributed by atoms with E-state index in [9.17, 15) is 14.7 Å². The van der Waals surface area contributed by atoms with Crippen LogP contribution in [0.15, 0.2) is 122 Å². The average molecular weight is 879 g/mol. The van der Waals surface area contributed by atoms with Crippen molar-refractivity contribution in [1.82, 2.24) is 19.6 Å². The Balaban J connectivity index is 0.000000194. The van der Waals surface area contributed by atoms with Gasteiger partial charge in [0.2, 0.25) is 0 Å². The lowest BCUT2D eigenvalue weighted by molar-refractivity contribution is -0.141. The summed E-state index contributed by atoms with van der Waals surface area (Å²) in [6, 6.07) is 32.2. The molecule has 2 atom stereocenters. The summed E-state index contributed by atoms with van der Waals surface area (Å²) in [7, 11) is 1.40. The Labute approximate surface area is 385 Å². The van der Waals surface area contributed by atoms with Crippen LogP contribution in [0.2, 0.25) is 0 Å². The normalized spacial score (nSPS) is 17.2. The van der Waals surface area contributed by atoms with Gasteiger partial charge in [0.05, 0.1) is 32.0 Å². The number of nitrogens with zero attached hydrogens (tertiary/aromatic N) is 4. The summed E-state index contributed by atoms with van der Waals surface area (Å²) in [6.45, 7) is 19.7. The lowest BCUT2D eigenvalue weighted by atomic mass is 9.63. The van der Waals surface area contributed by atoms with Crippen molar-refractivity contribution in [3.8, 4) is 11.5 Å². The number of aliphatic carboxylic acids is 1. The van der Waals surface area contributed by atoms with Gasteiger partial charge in [-0.2, -0.15) is 10.2 Å². The second-order valence-electron chi connectivity index (χ2n) is 20.4. The molecule has 2 aliphatic rings. The van der Waals surface area contributed by atoms with Crippen molar-refractivity contribution < 1.29 is 28.9 Å². The van der Waals surface area contributed by atoms with E-state index in [0.29, 0.717) is 13.2 Å². The highest BCUT2D eigenvalue weighted by Gasteiger charge is 2.38. The molecule has 8 rings (SSSR count). The second kappa shape index (κ2) is 19.1. The van der Waals surface area contributed by atoms with Crippen molar-refractivity contribution in [2.75, 3.05) is 7.11 Å². The van der Waals surface area contributed by atoms with Crippen LogP contribution in [0.4, 0.5) is 0 Å². The average Bonchev–Trinajstić information content (AvgIpc) is 4.03. The number of aromatic nitrogens is 4. The summed E-state index contributed by atoms with van der Waals surface area (Å²) in [5, 5.41) is 17.8. The van der Waals surface area contributed by atoms with Gasteiger partial charge >= 0.3 is 11.9 Å². The van der Waals surface area contributed by atoms with Gasteiger partial charge in [-0.05, 0) is 128 Å². The van der Waals surface area contributed by atoms with Gasteiger partial charge in [-0.25, -0.2) is 0 Å². The Morgan fingerprint density at radius 1 is 0.569 bits per heavy atom. The number of hydrogen-bond acceptors (Lipinski definition) is 7. The molecule has 0 saturated carbocycles. The van der Waals surface area contributed by atoms with Crippen LogP contribution in [-0.2, 0) is 49.2 Å². The molecule has 1 N–H and O–H groups in total. The van der Waals surface area contributed by atoms with Crippen LogP contribution in [0.1, 0.15) is 151 Å². The highest BCUT2D eigenvalue weighted by atomic mass is 16.5. The van der Waals surface area contributed by atoms with E-state index in [1.165, 1.54) is 66.2 Å². The van der Waals surface area contributed by atoms with E-state index in [1.807, 2.05) is 60.8 Å². The fraction of sp³-hybridized carbons (Fsp3) is 0.418. The van der Waals surface area contributed by atoms with Crippen LogP contribution < -0.4 is 9.47 Å². The van der Waals surface area contributed by atoms with Crippen molar-refractivity contribution in [1.29, 1.82) is 0 Å². The molecule has 10 nitrogen and oxygen atoms in total. The lowest BCUT2D eigenvalue weighted by Crippen LogP contribution is -2.33. The number of fused-ring (bicyclic) bond motifs is 2. The molecule has 10 heteroatoms. The number of esters is 1. The maximum atomic E-state index is 11.9. The number of ether oxygens (including phenoxy) is 3. The van der Waals surface area contributed by atoms with Crippen molar-refractivity contribution in [3.05, 3.63) is 166 Å². The lowest BCUT2D eigenvalue weighted by Gasteiger charge is -2.42. The van der Waals surface area contributed by atoms with Gasteiger partial charge in [0.25, 0.3) is 0 Å². The minimum atomic E-state index is -0.857. The summed E-state index contributed by atoms with van der Waals surface area (Å²) < 4.78 is 20.5. The zero-order valence-electron chi connectivity index (χ0n) is 39.6. The second-order valence-corrected chi connectivity index (χ2v) is 20.4. The molecule has 6 aromatic rings. The zero-order chi connectivity index (χ0) is 46.6. The van der Waals surface area contributed by atoms with Crippen molar-refractivity contribution in [2.24, 2.45) is 0 Å². The van der Waals surface area contributed by atoms with Gasteiger partial charge in [0.15, 0.2) is 0 Å². The molecule has 0 bridgehead atoms. The summed E-state index contributed by atoms with van der Waals surface area (Å²) >= 11 is 0. The minimum absolute atomic E-state index is 0.0247. The van der Waals surface area contributed by atoms with Gasteiger partial charge in [-0.1, -0.05) is 116 Å². The fourth-order valence-corrected chi connectivity index (χ4v) is 9.42. The van der Waals surface area contributed by atoms with Crippen LogP contribution in [0.25, 0.3) is 0 Å². The topological polar surface area (TPSA) is 118 Å². The van der Waals surface area contributed by atoms with Crippen LogP contribution in [0.3, 0.4) is 0 Å². The summed E-state index contributed by atoms with van der Waals surface area (Å²) in [6.07, 6.45) is 12.0. The molecule has 0 unspecified atom stereocenters. The molecule has 0 amide bonds. The molecule has 2 aromatic heterocycles. The third-order valence-electron chi connectivity index (χ3n) is 13.8. The van der Waals surface area contributed by atoms with Crippen LogP contribution >= 0.6 is 0 Å². The van der Waals surface area contributed by atoms with Gasteiger partial charge in [0, 0.05) is 24.8 Å². The molecule has 4 aromatic carbocycles. The van der Waals surface area contributed by atoms with Gasteiger partial charge < -0.3 is 19.3 Å². The van der Waals surface area contributed by atoms with Gasteiger partial charge in [-0.3, -0.25) is 19.0 Å². The zero-order valence-corrected chi connectivity index (χ0v) is 39.6. The first kappa shape index (κ1) is 46.8. The Bertz CT molecular complexity index is 2540. The molecule has 65 heavy (non-hydrogen) atoms. The Hall–Kier alpha value is -6.16. The molecule has 0 saturated heterocycles. The first-order valence-corrected chi connectivity index (χ1v) is 22.9. The first-order chi connectivity index (χ1) is 30.8. The highest BCUT2D eigenvalue weighted by molar-refractivity contribution is 5.70. The molecule has 342 valence electrons. The molecule has 0 radical (unpaired) electrons. The van der Waals surface area contributed by atoms with Gasteiger partial charge in [-0.15, -0.1) is 0 Å². The Morgan fingerprint density at radius 3 is 1.31 bits per heavy atom. The number of methoxy groups -OCH3 is 1. The number of rotatable bonds is 14. The van der Waals surface area contributed by atoms with Crippen LogP contribution in [-0.4, -0.2) is 43.7 Å². The largest absolute Gasteiger partial charge is 0.489 e. The standard InChI is InChI=1S/C28H34N2O3.C27H32N2O3/c1-27(2)13-14-28(3,4)24-17-20(7-12-23(24)27)19-33-22-10-8-21(9-11-22)25(18-26(31)32-5)30-16-6-15-29-30;1-26(2)12-13-27(3,4)23-16-19(6-11-22(23)26)18-32-21-9-7-20(8-10-21)24(17-25(30)31)29-15-5-14-28-29/h6-12,15-17,25H,13-14,18-19H2,1-5H3;5-11,14-16,24H,12-13,17-18H2,1-4H3,(H,30,31)/t25-;24-/m11/s1. The molecule has 0 aliphatic heterocycles. The SMILES string of the molecule is CC1(C)CCC(C)(C)c2cc(COc3ccc([C@@H](CC(=O)O)n4cccn4)cc3)ccc21.COC(=O)C[C@H](c1ccc(OCc2ccc3c(c2)C(C)(C)CCC3(C)C)cc1)n1cccn1. The van der Waals surface area contributed by atoms with E-state index >= 15 is 0 Å². The smallest absolute Gasteiger partial charge is 0.308 e. The van der Waals surface area contributed by atoms with Crippen molar-refractivity contribution in [2.45, 2.75) is 141 Å². The van der Waals surface area contributed by atoms with E-state index in [-0.39, 0.29) is 52.6 Å². The summed E-state index contributed by atoms with van der Waals surface area (Å²) in [5.74, 6) is 0.438. The molecule has 0 spiro atoms. The Kier molecular flexibility index (Phi) is 13.8. The van der Waals surface area contributed by atoms with E-state index in [1.54, 1.807) is 34.0 Å². The molecular formula is C55H66N4O6. The number of benzene rings is 4. The Morgan fingerprint density at radius 2 is 0.954 bits per heavy atom. The number of carbonyl (C=O) groups excluding carboxylic acids is 1. The van der Waals surface area contributed by atoms with E-state index in [0.717, 1.165) is 22.6 Å². The molecule has 2 heterocycles. The maximum Gasteiger partial charge on any atom is 0.308 e. The number of carboxylic acids is 1. The van der Waals surface area contributed by atoms with Gasteiger partial charge in [0.1, 0.15) is 24.7 Å². The molecular weight excluding hydrogens is 813 g/mol. The van der Waals surface area contributed by atoms with E-state index in [2.05, 4.69) is 102 Å². The monoisotopic (exact) mass is 878 g/mol. The third kappa shape index (κ3) is 11.0. The molecule has 2 aliphatic carbocycles. The van der Waals surface area contributed by atoms with E-state index in [4.69, 9.17) is 14.2 Å². The van der Waals surface area contributed by atoms with Crippen molar-refractivity contribution in [3.63, 3.8) is 0 Å². The van der Waals surface area contributed by atoms with Crippen LogP contribution in [0.5, 0.6) is 11.5 Å². The molecule has 0 fully saturated rings. The van der Waals surface area contributed by atoms with Crippen molar-refractivity contribution >= 4 is 11.9 Å². The predicted octanol–water partition coefficient (Wildman–Crippen LogP) is 11.8. The minimum Gasteiger partial charge on any atom is -0.489 e. The maximum absolute atomic E-state index is 11.9. The quantitative estimate of drug-likeness (QED) is 0.108. The highest BCUT2D eigenvalue weighted by Crippen LogP contribution is 2.47. The number of carboxylic acid groups (broad SMARTS) is 1. The summed E-state index contributed by atoms with van der Waals surface area (Å²) in [5.41, 5.74) is 10.8. The predicted molar refractivity (Wildman–Crippen MR) is 255 cm³/mol. The van der Waals surface area contributed by atoms with Crippen LogP contribution in [0, 0.1) is 0 Å². The summed E-state index contributed by atoms with van der Waals surface area (Å²) in [4.78, 5) is 23.2. The fourth-order valence-electron chi connectivity index (χ4n) is 9.42. The third-order valence-corrected chi connectivity index (χ3v) is 13.8. The number of hydrogen-bond donors (Lipinski definition) is 1. The number of carbonyl (C=O) groups is 2. The first-order valence-electron chi connectivity index (χ1n) is 22.9.